The zero-order valence-corrected chi connectivity index (χ0v) is 10.4. The smallest absolute Gasteiger partial charge is 0.167 e. The molecule has 1 aliphatic rings. The molecule has 2 aromatic rings. The van der Waals surface area contributed by atoms with Crippen LogP contribution in [0.4, 0.5) is 5.82 Å². The first kappa shape index (κ1) is 12.3. The van der Waals surface area contributed by atoms with E-state index in [1.807, 2.05) is 0 Å². The zero-order chi connectivity index (χ0) is 13.6. The SMILES string of the molecule is Cc1nc(N)c2ncn(C3OC(CO)C[C@H]3O)c2n1. The Morgan fingerprint density at radius 1 is 1.53 bits per heavy atom. The second-order valence-electron chi connectivity index (χ2n) is 4.61. The number of nitrogens with two attached hydrogens (primary N) is 1. The lowest BCUT2D eigenvalue weighted by atomic mass is 10.2. The maximum Gasteiger partial charge on any atom is 0.167 e. The van der Waals surface area contributed by atoms with Crippen molar-refractivity contribution in [3.05, 3.63) is 12.2 Å². The normalized spacial score (nSPS) is 27.2. The van der Waals surface area contributed by atoms with Crippen LogP contribution in [0.3, 0.4) is 0 Å². The van der Waals surface area contributed by atoms with Gasteiger partial charge in [-0.2, -0.15) is 0 Å². The van der Waals surface area contributed by atoms with Gasteiger partial charge in [0.05, 0.1) is 19.0 Å². The van der Waals surface area contributed by atoms with Crippen molar-refractivity contribution in [3.8, 4) is 0 Å². The van der Waals surface area contributed by atoms with Crippen LogP contribution in [0.1, 0.15) is 18.5 Å². The van der Waals surface area contributed by atoms with Gasteiger partial charge in [0.1, 0.15) is 17.4 Å². The predicted molar refractivity (Wildman–Crippen MR) is 66.1 cm³/mol. The molecule has 4 N–H and O–H groups in total. The molecule has 0 bridgehead atoms. The Labute approximate surface area is 108 Å². The number of imidazole rings is 1. The van der Waals surface area contributed by atoms with E-state index >= 15 is 0 Å². The van der Waals surface area contributed by atoms with E-state index in [4.69, 9.17) is 15.6 Å². The van der Waals surface area contributed by atoms with Gasteiger partial charge in [0.15, 0.2) is 17.7 Å². The van der Waals surface area contributed by atoms with E-state index in [0.717, 1.165) is 0 Å². The van der Waals surface area contributed by atoms with Gasteiger partial charge < -0.3 is 20.7 Å². The van der Waals surface area contributed by atoms with Crippen LogP contribution in [0, 0.1) is 6.92 Å². The minimum Gasteiger partial charge on any atom is -0.394 e. The molecule has 0 spiro atoms. The molecule has 102 valence electrons. The third-order valence-electron chi connectivity index (χ3n) is 3.20. The van der Waals surface area contributed by atoms with Crippen molar-refractivity contribution in [3.63, 3.8) is 0 Å². The molecule has 3 rings (SSSR count). The van der Waals surface area contributed by atoms with Crippen LogP contribution in [0.2, 0.25) is 0 Å². The first-order valence-electron chi connectivity index (χ1n) is 6.01. The minimum atomic E-state index is -0.717. The van der Waals surface area contributed by atoms with Gasteiger partial charge in [0.25, 0.3) is 0 Å². The molecule has 0 aliphatic carbocycles. The van der Waals surface area contributed by atoms with Crippen molar-refractivity contribution in [2.45, 2.75) is 31.8 Å². The molecule has 2 unspecified atom stereocenters. The van der Waals surface area contributed by atoms with Crippen molar-refractivity contribution in [1.29, 1.82) is 0 Å². The fourth-order valence-corrected chi connectivity index (χ4v) is 2.34. The van der Waals surface area contributed by atoms with Crippen LogP contribution in [0.15, 0.2) is 6.33 Å². The topological polar surface area (TPSA) is 119 Å². The van der Waals surface area contributed by atoms with Gasteiger partial charge >= 0.3 is 0 Å². The van der Waals surface area contributed by atoms with E-state index in [1.165, 1.54) is 6.33 Å². The van der Waals surface area contributed by atoms with Gasteiger partial charge in [0.2, 0.25) is 0 Å². The Morgan fingerprint density at radius 2 is 2.32 bits per heavy atom. The monoisotopic (exact) mass is 265 g/mol. The molecule has 2 aromatic heterocycles. The van der Waals surface area contributed by atoms with Gasteiger partial charge in [-0.05, 0) is 6.92 Å². The Bertz CT molecular complexity index is 614. The number of hydrogen-bond acceptors (Lipinski definition) is 7. The zero-order valence-electron chi connectivity index (χ0n) is 10.4. The van der Waals surface area contributed by atoms with Crippen LogP contribution in [-0.2, 0) is 4.74 Å². The summed E-state index contributed by atoms with van der Waals surface area (Å²) in [6.45, 7) is 1.60. The Morgan fingerprint density at radius 3 is 3.00 bits per heavy atom. The number of ether oxygens (including phenoxy) is 1. The van der Waals surface area contributed by atoms with Crippen molar-refractivity contribution in [2.75, 3.05) is 12.3 Å². The molecule has 8 nitrogen and oxygen atoms in total. The van der Waals surface area contributed by atoms with Gasteiger partial charge in [-0.25, -0.2) is 15.0 Å². The van der Waals surface area contributed by atoms with Gasteiger partial charge in [-0.15, -0.1) is 0 Å². The number of hydrogen-bond donors (Lipinski definition) is 3. The van der Waals surface area contributed by atoms with Gasteiger partial charge in [-0.3, -0.25) is 4.57 Å². The van der Waals surface area contributed by atoms with Crippen LogP contribution in [0.25, 0.3) is 11.2 Å². The number of nitrogen functional groups attached to an aromatic ring is 1. The largest absolute Gasteiger partial charge is 0.394 e. The molecule has 1 aliphatic heterocycles. The van der Waals surface area contributed by atoms with Crippen LogP contribution in [-0.4, -0.2) is 48.5 Å². The van der Waals surface area contributed by atoms with Gasteiger partial charge in [0, 0.05) is 6.42 Å². The summed E-state index contributed by atoms with van der Waals surface area (Å²) in [5.41, 5.74) is 6.79. The second-order valence-corrected chi connectivity index (χ2v) is 4.61. The van der Waals surface area contributed by atoms with Crippen LogP contribution >= 0.6 is 0 Å². The average molecular weight is 265 g/mol. The predicted octanol–water partition coefficient (Wildman–Crippen LogP) is -0.642. The quantitative estimate of drug-likeness (QED) is 0.660. The first-order chi connectivity index (χ1) is 9.10. The number of anilines is 1. The summed E-state index contributed by atoms with van der Waals surface area (Å²) in [4.78, 5) is 12.5. The lowest BCUT2D eigenvalue weighted by molar-refractivity contribution is -0.0487. The molecule has 0 radical (unpaired) electrons. The van der Waals surface area contributed by atoms with Gasteiger partial charge in [-0.1, -0.05) is 0 Å². The minimum absolute atomic E-state index is 0.129. The molecular weight excluding hydrogens is 250 g/mol. The second kappa shape index (κ2) is 4.41. The maximum atomic E-state index is 10.0. The summed E-state index contributed by atoms with van der Waals surface area (Å²) in [7, 11) is 0. The molecule has 0 amide bonds. The lowest BCUT2D eigenvalue weighted by Crippen LogP contribution is -2.19. The maximum absolute atomic E-state index is 10.0. The van der Waals surface area contributed by atoms with Crippen LogP contribution < -0.4 is 5.73 Å². The van der Waals surface area contributed by atoms with Crippen molar-refractivity contribution >= 4 is 17.0 Å². The fourth-order valence-electron chi connectivity index (χ4n) is 2.34. The van der Waals surface area contributed by atoms with Crippen LogP contribution in [0.5, 0.6) is 0 Å². The summed E-state index contributed by atoms with van der Waals surface area (Å²) in [6, 6.07) is 0. The Balaban J connectivity index is 2.06. The van der Waals surface area contributed by atoms with E-state index < -0.39 is 12.3 Å². The highest BCUT2D eigenvalue weighted by Gasteiger charge is 2.35. The molecule has 3 atom stereocenters. The van der Waals surface area contributed by atoms with E-state index in [0.29, 0.717) is 29.2 Å². The highest BCUT2D eigenvalue weighted by atomic mass is 16.5. The fraction of sp³-hybridized carbons (Fsp3) is 0.545. The summed E-state index contributed by atoms with van der Waals surface area (Å²) < 4.78 is 7.20. The highest BCUT2D eigenvalue weighted by Crippen LogP contribution is 2.31. The standard InChI is InChI=1S/C11H15N5O3/c1-5-14-9(12)8-10(15-5)16(4-13-8)11-7(18)2-6(3-17)19-11/h4,6-7,11,17-18H,2-3H2,1H3,(H2,12,14,15)/t6?,7-,11?/m1/s1. The number of nitrogens with zero attached hydrogens (tertiary/aromatic N) is 4. The number of aromatic nitrogens is 4. The molecule has 19 heavy (non-hydrogen) atoms. The summed E-state index contributed by atoms with van der Waals surface area (Å²) in [5.74, 6) is 0.824. The molecule has 1 fully saturated rings. The van der Waals surface area contributed by atoms with Crippen molar-refractivity contribution < 1.29 is 14.9 Å². The van der Waals surface area contributed by atoms with E-state index in [2.05, 4.69) is 15.0 Å². The Hall–Kier alpha value is -1.77. The number of fused-ring (bicyclic) bond motifs is 1. The lowest BCUT2D eigenvalue weighted by Gasteiger charge is -2.16. The highest BCUT2D eigenvalue weighted by molar-refractivity contribution is 5.81. The summed E-state index contributed by atoms with van der Waals surface area (Å²) >= 11 is 0. The van der Waals surface area contributed by atoms with E-state index in [9.17, 15) is 5.11 Å². The summed E-state index contributed by atoms with van der Waals surface area (Å²) in [6.07, 6.45) is 0.183. The van der Waals surface area contributed by atoms with E-state index in [1.54, 1.807) is 11.5 Å². The number of aliphatic hydroxyl groups excluding tert-OH is 2. The first-order valence-corrected chi connectivity index (χ1v) is 6.01. The average Bonchev–Trinajstić information content (AvgIpc) is 2.92. The molecule has 0 saturated carbocycles. The third kappa shape index (κ3) is 1.93. The molecule has 1 saturated heterocycles. The third-order valence-corrected chi connectivity index (χ3v) is 3.20. The summed E-state index contributed by atoms with van der Waals surface area (Å²) in [5, 5.41) is 19.1. The Kier molecular flexibility index (Phi) is 2.85. The van der Waals surface area contributed by atoms with Crippen molar-refractivity contribution in [2.24, 2.45) is 0 Å². The molecule has 0 aromatic carbocycles. The number of aryl methyl sites for hydroxylation is 1. The molecule has 3 heterocycles. The van der Waals surface area contributed by atoms with E-state index in [-0.39, 0.29) is 12.7 Å². The number of aliphatic hydroxyl groups is 2. The molecular formula is C11H15N5O3. The molecule has 8 heteroatoms. The van der Waals surface area contributed by atoms with Crippen molar-refractivity contribution in [1.82, 2.24) is 19.5 Å². The number of rotatable bonds is 2.